The lowest BCUT2D eigenvalue weighted by Gasteiger charge is -2.19. The number of carbonyl (C=O) groups excluding carboxylic acids is 1. The fourth-order valence-electron chi connectivity index (χ4n) is 1.49. The highest BCUT2D eigenvalue weighted by molar-refractivity contribution is 7.03. The van der Waals surface area contributed by atoms with Gasteiger partial charge < -0.3 is 10.6 Å². The molecule has 0 fully saturated rings. The Bertz CT molecular complexity index is 495. The molecule has 2 N–H and O–H groups in total. The van der Waals surface area contributed by atoms with Gasteiger partial charge in [-0.1, -0.05) is 4.49 Å². The first-order valence-electron chi connectivity index (χ1n) is 5.17. The zero-order valence-electron chi connectivity index (χ0n) is 9.33. The summed E-state index contributed by atoms with van der Waals surface area (Å²) < 4.78 is 3.69. The first-order chi connectivity index (χ1) is 8.22. The Morgan fingerprint density at radius 2 is 2.12 bits per heavy atom. The molecule has 2 aromatic rings. The predicted molar refractivity (Wildman–Crippen MR) is 68.1 cm³/mol. The number of hydrogen-bond acceptors (Lipinski definition) is 5. The third kappa shape index (κ3) is 2.42. The van der Waals surface area contributed by atoms with E-state index in [9.17, 15) is 4.79 Å². The second-order valence-corrected chi connectivity index (χ2v) is 4.04. The maximum atomic E-state index is 12.1. The van der Waals surface area contributed by atoms with Gasteiger partial charge in [0.15, 0.2) is 5.69 Å². The van der Waals surface area contributed by atoms with Crippen molar-refractivity contribution in [2.75, 3.05) is 17.2 Å². The van der Waals surface area contributed by atoms with Crippen molar-refractivity contribution in [2.24, 2.45) is 0 Å². The number of nitrogen functional groups attached to an aromatic ring is 1. The molecule has 0 aliphatic carbocycles. The third-order valence-electron chi connectivity index (χ3n) is 2.35. The highest BCUT2D eigenvalue weighted by Crippen LogP contribution is 2.18. The zero-order chi connectivity index (χ0) is 12.3. The summed E-state index contributed by atoms with van der Waals surface area (Å²) in [6.07, 6.45) is 0. The SMILES string of the molecule is CCN(C(=O)c1csnn1)c1ccc(N)cc1. The monoisotopic (exact) mass is 248 g/mol. The standard InChI is InChI=1S/C11H12N4OS/c1-2-15(9-5-3-8(12)4-6-9)11(16)10-7-17-14-13-10/h3-7H,2,12H2,1H3. The molecule has 0 saturated carbocycles. The molecular formula is C11H12N4OS. The van der Waals surface area contributed by atoms with Gasteiger partial charge in [0, 0.05) is 23.3 Å². The molecule has 1 aromatic carbocycles. The molecule has 5 nitrogen and oxygen atoms in total. The number of hydrogen-bond donors (Lipinski definition) is 1. The van der Waals surface area contributed by atoms with Gasteiger partial charge in [-0.2, -0.15) is 0 Å². The van der Waals surface area contributed by atoms with Crippen LogP contribution in [0.15, 0.2) is 29.6 Å². The van der Waals surface area contributed by atoms with Gasteiger partial charge in [0.2, 0.25) is 0 Å². The second-order valence-electron chi connectivity index (χ2n) is 3.43. The van der Waals surface area contributed by atoms with Gasteiger partial charge >= 0.3 is 0 Å². The first kappa shape index (κ1) is 11.5. The largest absolute Gasteiger partial charge is 0.399 e. The third-order valence-corrected chi connectivity index (χ3v) is 2.85. The van der Waals surface area contributed by atoms with E-state index in [2.05, 4.69) is 9.59 Å². The van der Waals surface area contributed by atoms with E-state index in [1.165, 1.54) is 0 Å². The van der Waals surface area contributed by atoms with Crippen LogP contribution in [-0.4, -0.2) is 22.0 Å². The molecule has 0 bridgehead atoms. The minimum atomic E-state index is -0.147. The lowest BCUT2D eigenvalue weighted by Crippen LogP contribution is -2.30. The number of amides is 1. The molecule has 0 atom stereocenters. The van der Waals surface area contributed by atoms with Crippen LogP contribution in [0.4, 0.5) is 11.4 Å². The molecule has 2 rings (SSSR count). The summed E-state index contributed by atoms with van der Waals surface area (Å²) >= 11 is 1.16. The van der Waals surface area contributed by atoms with E-state index < -0.39 is 0 Å². The smallest absolute Gasteiger partial charge is 0.279 e. The summed E-state index contributed by atoms with van der Waals surface area (Å²) in [6.45, 7) is 2.48. The molecule has 88 valence electrons. The summed E-state index contributed by atoms with van der Waals surface area (Å²) in [4.78, 5) is 13.8. The Balaban J connectivity index is 2.28. The molecule has 0 aliphatic rings. The normalized spacial score (nSPS) is 10.2. The summed E-state index contributed by atoms with van der Waals surface area (Å²) in [5, 5.41) is 5.42. The number of rotatable bonds is 3. The van der Waals surface area contributed by atoms with E-state index in [0.717, 1.165) is 17.2 Å². The number of nitrogens with zero attached hydrogens (tertiary/aromatic N) is 3. The van der Waals surface area contributed by atoms with Crippen LogP contribution in [-0.2, 0) is 0 Å². The maximum Gasteiger partial charge on any atom is 0.279 e. The summed E-state index contributed by atoms with van der Waals surface area (Å²) in [6, 6.07) is 7.17. The Morgan fingerprint density at radius 1 is 1.41 bits per heavy atom. The van der Waals surface area contributed by atoms with Gasteiger partial charge in [0.25, 0.3) is 5.91 Å². The molecule has 6 heteroatoms. The fraction of sp³-hybridized carbons (Fsp3) is 0.182. The summed E-state index contributed by atoms with van der Waals surface area (Å²) in [5.74, 6) is -0.147. The van der Waals surface area contributed by atoms with Crippen molar-refractivity contribution in [3.05, 3.63) is 35.3 Å². The highest BCUT2D eigenvalue weighted by Gasteiger charge is 2.18. The van der Waals surface area contributed by atoms with Crippen LogP contribution >= 0.6 is 11.5 Å². The molecular weight excluding hydrogens is 236 g/mol. The van der Waals surface area contributed by atoms with Gasteiger partial charge in [-0.15, -0.1) is 5.10 Å². The average Bonchev–Trinajstić information content (AvgIpc) is 2.86. The molecule has 0 saturated heterocycles. The van der Waals surface area contributed by atoms with Crippen molar-refractivity contribution in [3.8, 4) is 0 Å². The molecule has 1 aromatic heterocycles. The average molecular weight is 248 g/mol. The van der Waals surface area contributed by atoms with Crippen molar-refractivity contribution < 1.29 is 4.79 Å². The van der Waals surface area contributed by atoms with Crippen molar-refractivity contribution >= 4 is 28.8 Å². The lowest BCUT2D eigenvalue weighted by atomic mass is 10.2. The Labute approximate surface area is 103 Å². The predicted octanol–water partition coefficient (Wildman–Crippen LogP) is 1.79. The van der Waals surface area contributed by atoms with Crippen LogP contribution < -0.4 is 10.6 Å². The number of benzene rings is 1. The molecule has 1 amide bonds. The Kier molecular flexibility index (Phi) is 3.34. The van der Waals surface area contributed by atoms with Crippen LogP contribution in [0.25, 0.3) is 0 Å². The Hall–Kier alpha value is -1.95. The van der Waals surface area contributed by atoms with Crippen molar-refractivity contribution in [1.29, 1.82) is 0 Å². The highest BCUT2D eigenvalue weighted by atomic mass is 32.1. The molecule has 0 radical (unpaired) electrons. The van der Waals surface area contributed by atoms with Gasteiger partial charge in [-0.3, -0.25) is 4.79 Å². The quantitative estimate of drug-likeness (QED) is 0.840. The van der Waals surface area contributed by atoms with Gasteiger partial charge in [-0.05, 0) is 42.7 Å². The van der Waals surface area contributed by atoms with Crippen LogP contribution in [0.3, 0.4) is 0 Å². The Morgan fingerprint density at radius 3 is 2.65 bits per heavy atom. The van der Waals surface area contributed by atoms with Crippen LogP contribution in [0, 0.1) is 0 Å². The minimum Gasteiger partial charge on any atom is -0.399 e. The van der Waals surface area contributed by atoms with E-state index >= 15 is 0 Å². The summed E-state index contributed by atoms with van der Waals surface area (Å²) in [7, 11) is 0. The van der Waals surface area contributed by atoms with Crippen LogP contribution in [0.1, 0.15) is 17.4 Å². The van der Waals surface area contributed by atoms with Crippen LogP contribution in [0.5, 0.6) is 0 Å². The van der Waals surface area contributed by atoms with Gasteiger partial charge in [0.05, 0.1) is 0 Å². The van der Waals surface area contributed by atoms with Crippen molar-refractivity contribution in [2.45, 2.75) is 6.92 Å². The molecule has 0 aliphatic heterocycles. The zero-order valence-corrected chi connectivity index (χ0v) is 10.1. The molecule has 0 spiro atoms. The molecule has 1 heterocycles. The van der Waals surface area contributed by atoms with Crippen LogP contribution in [0.2, 0.25) is 0 Å². The van der Waals surface area contributed by atoms with Gasteiger partial charge in [-0.25, -0.2) is 0 Å². The lowest BCUT2D eigenvalue weighted by molar-refractivity contribution is 0.0983. The van der Waals surface area contributed by atoms with E-state index in [-0.39, 0.29) is 5.91 Å². The first-order valence-corrected chi connectivity index (χ1v) is 6.00. The maximum absolute atomic E-state index is 12.1. The second kappa shape index (κ2) is 4.92. The van der Waals surface area contributed by atoms with Gasteiger partial charge in [0.1, 0.15) is 0 Å². The van der Waals surface area contributed by atoms with E-state index in [0.29, 0.717) is 17.9 Å². The minimum absolute atomic E-state index is 0.147. The van der Waals surface area contributed by atoms with E-state index in [1.54, 1.807) is 22.4 Å². The number of anilines is 2. The number of aromatic nitrogens is 2. The van der Waals surface area contributed by atoms with E-state index in [1.807, 2.05) is 19.1 Å². The van der Waals surface area contributed by atoms with Crippen molar-refractivity contribution in [1.82, 2.24) is 9.59 Å². The number of nitrogens with two attached hydrogens (primary N) is 1. The van der Waals surface area contributed by atoms with E-state index in [4.69, 9.17) is 5.73 Å². The molecule has 17 heavy (non-hydrogen) atoms. The van der Waals surface area contributed by atoms with Crippen molar-refractivity contribution in [3.63, 3.8) is 0 Å². The molecule has 0 unspecified atom stereocenters. The fourth-order valence-corrected chi connectivity index (χ4v) is 1.92. The topological polar surface area (TPSA) is 72.1 Å². The number of carbonyl (C=O) groups is 1. The summed E-state index contributed by atoms with van der Waals surface area (Å²) in [5.41, 5.74) is 7.46.